The molecular formula is C23H22N6O2. The van der Waals surface area contributed by atoms with Gasteiger partial charge < -0.3 is 9.80 Å². The average Bonchev–Trinajstić information content (AvgIpc) is 2.80. The normalized spacial score (nSPS) is 14.9. The van der Waals surface area contributed by atoms with E-state index in [1.54, 1.807) is 27.8 Å². The van der Waals surface area contributed by atoms with Crippen LogP contribution in [0.5, 0.6) is 0 Å². The molecular weight excluding hydrogens is 392 g/mol. The van der Waals surface area contributed by atoms with Gasteiger partial charge in [-0.15, -0.1) is 0 Å². The first-order valence-electron chi connectivity index (χ1n) is 10.2. The van der Waals surface area contributed by atoms with Crippen molar-refractivity contribution in [3.05, 3.63) is 82.2 Å². The number of carbonyl (C=O) groups is 1. The third-order valence-corrected chi connectivity index (χ3v) is 5.76. The smallest absolute Gasteiger partial charge is 0.267 e. The van der Waals surface area contributed by atoms with Crippen molar-refractivity contribution in [2.24, 2.45) is 0 Å². The topological polar surface area (TPSA) is 86.7 Å². The lowest BCUT2D eigenvalue weighted by molar-refractivity contribution is 0.0661. The van der Waals surface area contributed by atoms with Crippen LogP contribution < -0.4 is 11.0 Å². The number of para-hydroxylation sites is 1. The summed E-state index contributed by atoms with van der Waals surface area (Å²) in [4.78, 5) is 35.3. The monoisotopic (exact) mass is 414 g/mol. The molecule has 1 aliphatic heterocycles. The van der Waals surface area contributed by atoms with Crippen molar-refractivity contribution >= 4 is 22.6 Å². The number of pyridine rings is 2. The fraction of sp³-hybridized carbons (Fsp3) is 0.217. The molecule has 8 heteroatoms. The van der Waals surface area contributed by atoms with Gasteiger partial charge in [-0.05, 0) is 37.4 Å². The molecule has 1 amide bonds. The number of benzene rings is 1. The molecule has 0 spiro atoms. The number of nitrogens with one attached hydrogen (secondary N) is 1. The van der Waals surface area contributed by atoms with Crippen LogP contribution in [0.25, 0.3) is 22.4 Å². The SMILES string of the molecule is CN1CCN(C(=O)c2cc3c(=O)n4ccccc4nc3n(-c3ccccc3)c2=N)CC1. The second-order valence-corrected chi connectivity index (χ2v) is 7.76. The van der Waals surface area contributed by atoms with Crippen LogP contribution in [0.4, 0.5) is 0 Å². The second kappa shape index (κ2) is 7.48. The van der Waals surface area contributed by atoms with Gasteiger partial charge in [-0.2, -0.15) is 0 Å². The minimum Gasteiger partial charge on any atom is -0.336 e. The molecule has 4 heterocycles. The molecule has 0 saturated carbocycles. The molecule has 1 aromatic carbocycles. The Morgan fingerprint density at radius 1 is 1.00 bits per heavy atom. The molecule has 156 valence electrons. The number of hydrogen-bond donors (Lipinski definition) is 1. The zero-order valence-corrected chi connectivity index (χ0v) is 17.2. The third-order valence-electron chi connectivity index (χ3n) is 5.76. The van der Waals surface area contributed by atoms with E-state index in [-0.39, 0.29) is 22.5 Å². The summed E-state index contributed by atoms with van der Waals surface area (Å²) in [6.45, 7) is 2.74. The largest absolute Gasteiger partial charge is 0.336 e. The van der Waals surface area contributed by atoms with E-state index in [1.165, 1.54) is 10.5 Å². The van der Waals surface area contributed by atoms with Gasteiger partial charge in [-0.25, -0.2) is 4.98 Å². The molecule has 8 nitrogen and oxygen atoms in total. The van der Waals surface area contributed by atoms with Crippen LogP contribution in [0.2, 0.25) is 0 Å². The van der Waals surface area contributed by atoms with Gasteiger partial charge in [0.25, 0.3) is 11.5 Å². The molecule has 4 aromatic rings. The summed E-state index contributed by atoms with van der Waals surface area (Å²) in [6, 6.07) is 16.1. The minimum absolute atomic E-state index is 0.0230. The highest BCUT2D eigenvalue weighted by Gasteiger charge is 2.24. The van der Waals surface area contributed by atoms with E-state index in [4.69, 9.17) is 5.41 Å². The standard InChI is InChI=1S/C23H22N6O2/c1-26-11-13-27(14-12-26)22(30)17-15-18-21(25-19-9-5-6-10-28(19)23(18)31)29(20(17)24)16-7-3-2-4-8-16/h2-10,15,24H,11-14H2,1H3. The van der Waals surface area contributed by atoms with Crippen LogP contribution in [0.1, 0.15) is 10.4 Å². The Labute approximate surface area is 178 Å². The number of nitrogens with zero attached hydrogens (tertiary/aromatic N) is 5. The molecule has 31 heavy (non-hydrogen) atoms. The molecule has 1 fully saturated rings. The number of amides is 1. The van der Waals surface area contributed by atoms with Crippen LogP contribution in [0.3, 0.4) is 0 Å². The number of fused-ring (bicyclic) bond motifs is 2. The Morgan fingerprint density at radius 2 is 1.71 bits per heavy atom. The summed E-state index contributed by atoms with van der Waals surface area (Å²) in [7, 11) is 2.02. The Bertz CT molecular complexity index is 1420. The first-order chi connectivity index (χ1) is 15.0. The molecule has 0 unspecified atom stereocenters. The average molecular weight is 414 g/mol. The predicted molar refractivity (Wildman–Crippen MR) is 118 cm³/mol. The van der Waals surface area contributed by atoms with Crippen molar-refractivity contribution in [3.8, 4) is 5.69 Å². The maximum atomic E-state index is 13.4. The second-order valence-electron chi connectivity index (χ2n) is 7.76. The summed E-state index contributed by atoms with van der Waals surface area (Å²) in [6.07, 6.45) is 1.66. The lowest BCUT2D eigenvalue weighted by Crippen LogP contribution is -2.48. The quantitative estimate of drug-likeness (QED) is 0.504. The van der Waals surface area contributed by atoms with Crippen LogP contribution in [0.15, 0.2) is 65.6 Å². The first kappa shape index (κ1) is 19.2. The van der Waals surface area contributed by atoms with Crippen molar-refractivity contribution < 1.29 is 4.79 Å². The number of aromatic nitrogens is 3. The molecule has 1 saturated heterocycles. The van der Waals surface area contributed by atoms with Gasteiger partial charge >= 0.3 is 0 Å². The summed E-state index contributed by atoms with van der Waals surface area (Å²) in [5, 5.41) is 9.20. The van der Waals surface area contributed by atoms with Crippen LogP contribution >= 0.6 is 0 Å². The van der Waals surface area contributed by atoms with Crippen molar-refractivity contribution in [1.29, 1.82) is 5.41 Å². The Hall–Kier alpha value is -3.78. The number of hydrogen-bond acceptors (Lipinski definition) is 5. The molecule has 3 aromatic heterocycles. The van der Waals surface area contributed by atoms with Gasteiger partial charge in [-0.3, -0.25) is 24.0 Å². The molecule has 5 rings (SSSR count). The first-order valence-corrected chi connectivity index (χ1v) is 10.2. The van der Waals surface area contributed by atoms with Gasteiger partial charge in [0.15, 0.2) is 5.65 Å². The van der Waals surface area contributed by atoms with E-state index in [2.05, 4.69) is 9.88 Å². The van der Waals surface area contributed by atoms with Crippen molar-refractivity contribution in [2.75, 3.05) is 33.2 Å². The van der Waals surface area contributed by atoms with Crippen molar-refractivity contribution in [3.63, 3.8) is 0 Å². The molecule has 0 aliphatic carbocycles. The predicted octanol–water partition coefficient (Wildman–Crippen LogP) is 1.51. The number of carbonyl (C=O) groups excluding carboxylic acids is 1. The maximum Gasteiger partial charge on any atom is 0.267 e. The summed E-state index contributed by atoms with van der Waals surface area (Å²) in [5.41, 5.74) is 1.49. The highest BCUT2D eigenvalue weighted by Crippen LogP contribution is 2.16. The summed E-state index contributed by atoms with van der Waals surface area (Å²) < 4.78 is 3.05. The third kappa shape index (κ3) is 3.21. The van der Waals surface area contributed by atoms with Crippen molar-refractivity contribution in [2.45, 2.75) is 0 Å². The summed E-state index contributed by atoms with van der Waals surface area (Å²) >= 11 is 0. The Morgan fingerprint density at radius 3 is 2.45 bits per heavy atom. The van der Waals surface area contributed by atoms with Gasteiger partial charge in [0, 0.05) is 38.1 Å². The zero-order chi connectivity index (χ0) is 21.5. The minimum atomic E-state index is -0.266. The molecule has 1 aliphatic rings. The maximum absolute atomic E-state index is 13.4. The van der Waals surface area contributed by atoms with Crippen LogP contribution in [0, 0.1) is 5.41 Å². The molecule has 0 radical (unpaired) electrons. The molecule has 1 N–H and O–H groups in total. The number of likely N-dealkylation sites (N-methyl/N-ethyl adjacent to an activating group) is 1. The van der Waals surface area contributed by atoms with E-state index in [0.717, 1.165) is 13.1 Å². The van der Waals surface area contributed by atoms with E-state index in [0.29, 0.717) is 35.5 Å². The Balaban J connectivity index is 1.81. The van der Waals surface area contributed by atoms with Gasteiger partial charge in [0.1, 0.15) is 11.1 Å². The van der Waals surface area contributed by atoms with Crippen LogP contribution in [-0.2, 0) is 0 Å². The van der Waals surface area contributed by atoms with Crippen molar-refractivity contribution in [1.82, 2.24) is 23.8 Å². The lowest BCUT2D eigenvalue weighted by Gasteiger charge is -2.32. The molecule has 0 atom stereocenters. The lowest BCUT2D eigenvalue weighted by atomic mass is 10.1. The van der Waals surface area contributed by atoms with E-state index in [1.807, 2.05) is 43.4 Å². The van der Waals surface area contributed by atoms with Gasteiger partial charge in [0.05, 0.1) is 10.9 Å². The highest BCUT2D eigenvalue weighted by molar-refractivity contribution is 5.97. The van der Waals surface area contributed by atoms with E-state index in [9.17, 15) is 9.59 Å². The highest BCUT2D eigenvalue weighted by atomic mass is 16.2. The molecule has 0 bridgehead atoms. The number of rotatable bonds is 2. The zero-order valence-electron chi connectivity index (χ0n) is 17.2. The van der Waals surface area contributed by atoms with Gasteiger partial charge in [0.2, 0.25) is 0 Å². The Kier molecular flexibility index (Phi) is 4.63. The van der Waals surface area contributed by atoms with E-state index < -0.39 is 0 Å². The summed E-state index contributed by atoms with van der Waals surface area (Å²) in [5.74, 6) is -0.234. The van der Waals surface area contributed by atoms with E-state index >= 15 is 0 Å². The van der Waals surface area contributed by atoms with Crippen LogP contribution in [-0.4, -0.2) is 62.9 Å². The fourth-order valence-corrected chi connectivity index (χ4v) is 4.00. The van der Waals surface area contributed by atoms with Gasteiger partial charge in [-0.1, -0.05) is 24.3 Å². The fourth-order valence-electron chi connectivity index (χ4n) is 4.00. The number of piperazine rings is 1.